The van der Waals surface area contributed by atoms with Gasteiger partial charge in [0.25, 0.3) is 0 Å². The van der Waals surface area contributed by atoms with E-state index in [1.54, 1.807) is 6.92 Å². The van der Waals surface area contributed by atoms with Crippen molar-refractivity contribution >= 4 is 34.7 Å². The molecular weight excluding hydrogens is 300 g/mol. The van der Waals surface area contributed by atoms with Crippen molar-refractivity contribution in [1.82, 2.24) is 20.2 Å². The van der Waals surface area contributed by atoms with E-state index in [0.29, 0.717) is 13.1 Å². The van der Waals surface area contributed by atoms with Crippen LogP contribution in [0.25, 0.3) is 11.0 Å². The quantitative estimate of drug-likeness (QED) is 0.876. The number of nitrogens with zero attached hydrogens (tertiary/aromatic N) is 3. The van der Waals surface area contributed by atoms with Crippen LogP contribution < -0.4 is 5.32 Å². The van der Waals surface area contributed by atoms with Gasteiger partial charge in [0.15, 0.2) is 0 Å². The summed E-state index contributed by atoms with van der Waals surface area (Å²) in [4.78, 5) is 34.2. The van der Waals surface area contributed by atoms with Crippen molar-refractivity contribution in [3.63, 3.8) is 0 Å². The van der Waals surface area contributed by atoms with Gasteiger partial charge in [-0.05, 0) is 26.0 Å². The van der Waals surface area contributed by atoms with Crippen LogP contribution in [0.3, 0.4) is 0 Å². The van der Waals surface area contributed by atoms with Crippen molar-refractivity contribution in [3.05, 3.63) is 30.0 Å². The molecule has 7 heteroatoms. The molecule has 1 unspecified atom stereocenters. The smallest absolute Gasteiger partial charge is 0.324 e. The van der Waals surface area contributed by atoms with Gasteiger partial charge in [0.05, 0.1) is 22.0 Å². The molecule has 6 nitrogen and oxygen atoms in total. The van der Waals surface area contributed by atoms with Gasteiger partial charge >= 0.3 is 6.03 Å². The van der Waals surface area contributed by atoms with Crippen LogP contribution in [0.4, 0.5) is 4.79 Å². The molecule has 3 amide bonds. The Hall–Kier alpha value is -2.15. The molecule has 1 fully saturated rings. The third-order valence-electron chi connectivity index (χ3n) is 3.46. The lowest BCUT2D eigenvalue weighted by molar-refractivity contribution is -0.126. The molecule has 1 atom stereocenters. The second kappa shape index (κ2) is 5.92. The molecule has 1 aliphatic rings. The van der Waals surface area contributed by atoms with Crippen LogP contribution in [0.5, 0.6) is 0 Å². The number of amides is 3. The molecule has 1 N–H and O–H groups in total. The summed E-state index contributed by atoms with van der Waals surface area (Å²) in [6.07, 6.45) is 0. The topological polar surface area (TPSA) is 75.2 Å². The highest BCUT2D eigenvalue weighted by atomic mass is 32.2. The van der Waals surface area contributed by atoms with Crippen molar-refractivity contribution in [1.29, 1.82) is 0 Å². The Kier molecular flexibility index (Phi) is 3.98. The lowest BCUT2D eigenvalue weighted by Gasteiger charge is -2.17. The molecule has 114 valence electrons. The zero-order valence-electron chi connectivity index (χ0n) is 12.4. The van der Waals surface area contributed by atoms with Crippen molar-refractivity contribution in [2.75, 3.05) is 13.1 Å². The van der Waals surface area contributed by atoms with Gasteiger partial charge in [0, 0.05) is 13.1 Å². The van der Waals surface area contributed by atoms with E-state index in [2.05, 4.69) is 15.3 Å². The molecule has 0 aliphatic carbocycles. The molecule has 1 aliphatic heterocycles. The summed E-state index contributed by atoms with van der Waals surface area (Å²) in [5.41, 5.74) is 2.42. The summed E-state index contributed by atoms with van der Waals surface area (Å²) in [7, 11) is 0. The molecule has 3 rings (SSSR count). The highest BCUT2D eigenvalue weighted by Gasteiger charge is 2.30. The maximum Gasteiger partial charge on any atom is 0.324 e. The third kappa shape index (κ3) is 2.76. The fourth-order valence-corrected chi connectivity index (χ4v) is 3.23. The van der Waals surface area contributed by atoms with Gasteiger partial charge in [-0.1, -0.05) is 23.9 Å². The molecule has 1 aromatic heterocycles. The lowest BCUT2D eigenvalue weighted by atomic mass is 10.3. The number of hydrogen-bond donors (Lipinski definition) is 1. The molecule has 0 spiro atoms. The zero-order valence-corrected chi connectivity index (χ0v) is 13.2. The summed E-state index contributed by atoms with van der Waals surface area (Å²) in [6.45, 7) is 4.60. The van der Waals surface area contributed by atoms with Crippen LogP contribution in [0.1, 0.15) is 12.6 Å². The van der Waals surface area contributed by atoms with Crippen molar-refractivity contribution in [2.24, 2.45) is 0 Å². The number of urea groups is 1. The number of aryl methyl sites for hydroxylation is 1. The van der Waals surface area contributed by atoms with E-state index in [1.807, 2.05) is 31.2 Å². The van der Waals surface area contributed by atoms with Crippen LogP contribution in [-0.2, 0) is 4.79 Å². The minimum absolute atomic E-state index is 0.200. The number of aromatic nitrogens is 2. The Balaban J connectivity index is 1.81. The van der Waals surface area contributed by atoms with Crippen molar-refractivity contribution in [3.8, 4) is 0 Å². The maximum absolute atomic E-state index is 12.3. The SMILES string of the molecule is Cc1nc2ccccc2nc1SC(C)C(=O)N1CCNC1=O. The number of nitrogens with one attached hydrogen (secondary N) is 1. The Morgan fingerprint density at radius 1 is 1.32 bits per heavy atom. The Morgan fingerprint density at radius 3 is 2.64 bits per heavy atom. The van der Waals surface area contributed by atoms with Gasteiger partial charge in [-0.2, -0.15) is 0 Å². The number of carbonyl (C=O) groups is 2. The van der Waals surface area contributed by atoms with Crippen LogP contribution >= 0.6 is 11.8 Å². The van der Waals surface area contributed by atoms with Crippen LogP contribution in [0.15, 0.2) is 29.3 Å². The predicted octanol–water partition coefficient (Wildman–Crippen LogP) is 1.97. The van der Waals surface area contributed by atoms with E-state index in [9.17, 15) is 9.59 Å². The first-order valence-electron chi connectivity index (χ1n) is 7.05. The standard InChI is InChI=1S/C15H16N4O2S/c1-9-13(18-12-6-4-3-5-11(12)17-9)22-10(2)14(20)19-8-7-16-15(19)21/h3-6,10H,7-8H2,1-2H3,(H,16,21). The Labute approximate surface area is 132 Å². The van der Waals surface area contributed by atoms with Crippen LogP contribution in [0.2, 0.25) is 0 Å². The number of carbonyl (C=O) groups excluding carboxylic acids is 2. The van der Waals surface area contributed by atoms with Gasteiger partial charge in [0.2, 0.25) is 5.91 Å². The first kappa shape index (κ1) is 14.8. The highest BCUT2D eigenvalue weighted by molar-refractivity contribution is 8.00. The van der Waals surface area contributed by atoms with E-state index in [4.69, 9.17) is 0 Å². The lowest BCUT2D eigenvalue weighted by Crippen LogP contribution is -2.39. The fraction of sp³-hybridized carbons (Fsp3) is 0.333. The Morgan fingerprint density at radius 2 is 2.00 bits per heavy atom. The number of hydrogen-bond acceptors (Lipinski definition) is 5. The second-order valence-corrected chi connectivity index (χ2v) is 6.41. The number of thioether (sulfide) groups is 1. The van der Waals surface area contributed by atoms with E-state index < -0.39 is 5.25 Å². The predicted molar refractivity (Wildman–Crippen MR) is 84.7 cm³/mol. The molecule has 1 aromatic carbocycles. The highest BCUT2D eigenvalue weighted by Crippen LogP contribution is 2.27. The fourth-order valence-electron chi connectivity index (χ4n) is 2.30. The summed E-state index contributed by atoms with van der Waals surface area (Å²) in [5, 5.41) is 2.96. The number of rotatable bonds is 3. The number of benzene rings is 1. The van der Waals surface area contributed by atoms with Crippen molar-refractivity contribution < 1.29 is 9.59 Å². The van der Waals surface area contributed by atoms with Gasteiger partial charge in [-0.15, -0.1) is 0 Å². The number of para-hydroxylation sites is 2. The molecule has 2 aromatic rings. The van der Waals surface area contributed by atoms with Crippen molar-refractivity contribution in [2.45, 2.75) is 24.1 Å². The molecular formula is C15H16N4O2S. The molecule has 0 bridgehead atoms. The Bertz CT molecular complexity index is 749. The first-order valence-corrected chi connectivity index (χ1v) is 7.93. The summed E-state index contributed by atoms with van der Waals surface area (Å²) in [5.74, 6) is -0.200. The maximum atomic E-state index is 12.3. The van der Waals surface area contributed by atoms with Gasteiger partial charge in [-0.3, -0.25) is 9.69 Å². The minimum atomic E-state index is -0.391. The molecule has 1 saturated heterocycles. The van der Waals surface area contributed by atoms with E-state index in [0.717, 1.165) is 21.8 Å². The second-order valence-electron chi connectivity index (χ2n) is 5.08. The number of fused-ring (bicyclic) bond motifs is 1. The van der Waals surface area contributed by atoms with Gasteiger partial charge < -0.3 is 5.32 Å². The molecule has 0 saturated carbocycles. The summed E-state index contributed by atoms with van der Waals surface area (Å²) >= 11 is 1.34. The average Bonchev–Trinajstić information content (AvgIpc) is 2.93. The minimum Gasteiger partial charge on any atom is -0.336 e. The van der Waals surface area contributed by atoms with Crippen LogP contribution in [-0.4, -0.2) is 45.1 Å². The normalized spacial score (nSPS) is 15.9. The van der Waals surface area contributed by atoms with Gasteiger partial charge in [-0.25, -0.2) is 14.8 Å². The van der Waals surface area contributed by atoms with E-state index in [-0.39, 0.29) is 11.9 Å². The summed E-state index contributed by atoms with van der Waals surface area (Å²) < 4.78 is 0. The molecule has 0 radical (unpaired) electrons. The first-order chi connectivity index (χ1) is 10.6. The van der Waals surface area contributed by atoms with E-state index >= 15 is 0 Å². The third-order valence-corrected chi connectivity index (χ3v) is 4.63. The molecule has 22 heavy (non-hydrogen) atoms. The zero-order chi connectivity index (χ0) is 15.7. The van der Waals surface area contributed by atoms with Gasteiger partial charge in [0.1, 0.15) is 5.03 Å². The largest absolute Gasteiger partial charge is 0.336 e. The average molecular weight is 316 g/mol. The molecule has 2 heterocycles. The number of imide groups is 1. The van der Waals surface area contributed by atoms with E-state index in [1.165, 1.54) is 16.7 Å². The monoisotopic (exact) mass is 316 g/mol. The van der Waals surface area contributed by atoms with Crippen LogP contribution in [0, 0.1) is 6.92 Å². The summed E-state index contributed by atoms with van der Waals surface area (Å²) in [6, 6.07) is 7.31.